The van der Waals surface area contributed by atoms with E-state index in [-0.39, 0.29) is 18.1 Å². The standard InChI is InChI=1S/C14H15NO3/c16-12-4-1-3-11(9-12)10-14(17)15-7-6-13-5-2-8-18-13/h1-5,8-9,16H,6-7,10H2,(H,15,17). The Morgan fingerprint density at radius 2 is 2.17 bits per heavy atom. The van der Waals surface area contributed by atoms with Gasteiger partial charge in [-0.15, -0.1) is 0 Å². The van der Waals surface area contributed by atoms with Crippen LogP contribution in [0.4, 0.5) is 0 Å². The van der Waals surface area contributed by atoms with Crippen molar-refractivity contribution in [2.75, 3.05) is 6.54 Å². The lowest BCUT2D eigenvalue weighted by Gasteiger charge is -2.04. The number of carbonyl (C=O) groups is 1. The number of furan rings is 1. The zero-order valence-electron chi connectivity index (χ0n) is 9.93. The van der Waals surface area contributed by atoms with E-state index < -0.39 is 0 Å². The molecule has 0 unspecified atom stereocenters. The van der Waals surface area contributed by atoms with Gasteiger partial charge in [-0.1, -0.05) is 12.1 Å². The van der Waals surface area contributed by atoms with Crippen LogP contribution in [0.25, 0.3) is 0 Å². The topological polar surface area (TPSA) is 62.5 Å². The number of amides is 1. The predicted molar refractivity (Wildman–Crippen MR) is 67.2 cm³/mol. The summed E-state index contributed by atoms with van der Waals surface area (Å²) in [5, 5.41) is 12.1. The number of rotatable bonds is 5. The Balaban J connectivity index is 1.75. The third-order valence-corrected chi connectivity index (χ3v) is 2.55. The van der Waals surface area contributed by atoms with Crippen molar-refractivity contribution >= 4 is 5.91 Å². The van der Waals surface area contributed by atoms with Crippen LogP contribution in [0.15, 0.2) is 47.1 Å². The molecule has 2 rings (SSSR count). The van der Waals surface area contributed by atoms with Crippen molar-refractivity contribution in [1.82, 2.24) is 5.32 Å². The largest absolute Gasteiger partial charge is 0.508 e. The van der Waals surface area contributed by atoms with Crippen molar-refractivity contribution in [2.24, 2.45) is 0 Å². The fraction of sp³-hybridized carbons (Fsp3) is 0.214. The van der Waals surface area contributed by atoms with Crippen molar-refractivity contribution in [3.63, 3.8) is 0 Å². The minimum Gasteiger partial charge on any atom is -0.508 e. The van der Waals surface area contributed by atoms with E-state index in [0.717, 1.165) is 11.3 Å². The fourth-order valence-corrected chi connectivity index (χ4v) is 1.69. The number of phenols is 1. The number of hydrogen-bond acceptors (Lipinski definition) is 3. The summed E-state index contributed by atoms with van der Waals surface area (Å²) in [7, 11) is 0. The molecule has 1 heterocycles. The molecule has 2 aromatic rings. The molecular formula is C14H15NO3. The molecule has 94 valence electrons. The Hall–Kier alpha value is -2.23. The van der Waals surface area contributed by atoms with Gasteiger partial charge in [0.05, 0.1) is 12.7 Å². The maximum atomic E-state index is 11.6. The molecule has 0 fully saturated rings. The number of carbonyl (C=O) groups excluding carboxylic acids is 1. The van der Waals surface area contributed by atoms with Crippen molar-refractivity contribution in [1.29, 1.82) is 0 Å². The summed E-state index contributed by atoms with van der Waals surface area (Å²) in [4.78, 5) is 11.6. The lowest BCUT2D eigenvalue weighted by atomic mass is 10.1. The van der Waals surface area contributed by atoms with Crippen LogP contribution >= 0.6 is 0 Å². The Bertz CT molecular complexity index is 506. The van der Waals surface area contributed by atoms with E-state index in [1.807, 2.05) is 18.2 Å². The van der Waals surface area contributed by atoms with Crippen LogP contribution in [0.2, 0.25) is 0 Å². The van der Waals surface area contributed by atoms with Crippen LogP contribution in [-0.2, 0) is 17.6 Å². The Morgan fingerprint density at radius 3 is 2.89 bits per heavy atom. The summed E-state index contributed by atoms with van der Waals surface area (Å²) in [5.41, 5.74) is 0.797. The van der Waals surface area contributed by atoms with Crippen molar-refractivity contribution < 1.29 is 14.3 Å². The minimum absolute atomic E-state index is 0.0628. The van der Waals surface area contributed by atoms with E-state index in [1.54, 1.807) is 24.5 Å². The van der Waals surface area contributed by atoms with Gasteiger partial charge in [0.2, 0.25) is 5.91 Å². The van der Waals surface area contributed by atoms with E-state index in [9.17, 15) is 9.90 Å². The van der Waals surface area contributed by atoms with Gasteiger partial charge in [-0.25, -0.2) is 0 Å². The third kappa shape index (κ3) is 3.66. The highest BCUT2D eigenvalue weighted by atomic mass is 16.3. The highest BCUT2D eigenvalue weighted by molar-refractivity contribution is 5.78. The zero-order chi connectivity index (χ0) is 12.8. The van der Waals surface area contributed by atoms with Crippen LogP contribution < -0.4 is 5.32 Å². The van der Waals surface area contributed by atoms with Gasteiger partial charge < -0.3 is 14.8 Å². The predicted octanol–water partition coefficient (Wildman–Crippen LogP) is 1.89. The summed E-state index contributed by atoms with van der Waals surface area (Å²) < 4.78 is 5.16. The summed E-state index contributed by atoms with van der Waals surface area (Å²) in [6.07, 6.45) is 2.56. The van der Waals surface area contributed by atoms with Crippen LogP contribution in [0, 0.1) is 0 Å². The van der Waals surface area contributed by atoms with Gasteiger partial charge >= 0.3 is 0 Å². The average Bonchev–Trinajstić information content (AvgIpc) is 2.82. The van der Waals surface area contributed by atoms with Crippen LogP contribution in [0.3, 0.4) is 0 Å². The molecule has 2 N–H and O–H groups in total. The van der Waals surface area contributed by atoms with E-state index >= 15 is 0 Å². The number of benzene rings is 1. The van der Waals surface area contributed by atoms with Crippen LogP contribution in [0.5, 0.6) is 5.75 Å². The van der Waals surface area contributed by atoms with E-state index in [0.29, 0.717) is 13.0 Å². The lowest BCUT2D eigenvalue weighted by Crippen LogP contribution is -2.27. The SMILES string of the molecule is O=C(Cc1cccc(O)c1)NCCc1ccco1. The number of nitrogens with one attached hydrogen (secondary N) is 1. The molecule has 0 bridgehead atoms. The molecule has 18 heavy (non-hydrogen) atoms. The normalized spacial score (nSPS) is 10.2. The highest BCUT2D eigenvalue weighted by Crippen LogP contribution is 2.11. The quantitative estimate of drug-likeness (QED) is 0.845. The molecule has 0 saturated carbocycles. The summed E-state index contributed by atoms with van der Waals surface area (Å²) in [5.74, 6) is 0.968. The average molecular weight is 245 g/mol. The monoisotopic (exact) mass is 245 g/mol. The maximum Gasteiger partial charge on any atom is 0.224 e. The summed E-state index contributed by atoms with van der Waals surface area (Å²) >= 11 is 0. The second-order valence-corrected chi connectivity index (χ2v) is 4.03. The van der Waals surface area contributed by atoms with Gasteiger partial charge in [0, 0.05) is 13.0 Å². The summed E-state index contributed by atoms with van der Waals surface area (Å²) in [6.45, 7) is 0.547. The molecular weight excluding hydrogens is 230 g/mol. The minimum atomic E-state index is -0.0628. The molecule has 1 aromatic heterocycles. The first-order valence-electron chi connectivity index (χ1n) is 5.81. The van der Waals surface area contributed by atoms with Crippen molar-refractivity contribution in [3.05, 3.63) is 54.0 Å². The Kier molecular flexibility index (Phi) is 4.02. The molecule has 1 aromatic carbocycles. The molecule has 4 nitrogen and oxygen atoms in total. The van der Waals surface area contributed by atoms with E-state index in [1.165, 1.54) is 0 Å². The molecule has 4 heteroatoms. The van der Waals surface area contributed by atoms with Crippen LogP contribution in [-0.4, -0.2) is 17.6 Å². The molecule has 0 aliphatic heterocycles. The number of aromatic hydroxyl groups is 1. The summed E-state index contributed by atoms with van der Waals surface area (Å²) in [6, 6.07) is 10.4. The maximum absolute atomic E-state index is 11.6. The molecule has 0 radical (unpaired) electrons. The van der Waals surface area contributed by atoms with Gasteiger partial charge in [0.1, 0.15) is 11.5 Å². The number of phenolic OH excluding ortho intramolecular Hbond substituents is 1. The van der Waals surface area contributed by atoms with Crippen molar-refractivity contribution in [3.8, 4) is 5.75 Å². The lowest BCUT2D eigenvalue weighted by molar-refractivity contribution is -0.120. The Morgan fingerprint density at radius 1 is 1.28 bits per heavy atom. The number of hydrogen-bond donors (Lipinski definition) is 2. The van der Waals surface area contributed by atoms with Gasteiger partial charge in [0.15, 0.2) is 0 Å². The van der Waals surface area contributed by atoms with Gasteiger partial charge in [-0.3, -0.25) is 4.79 Å². The molecule has 0 aliphatic rings. The second kappa shape index (κ2) is 5.91. The molecule has 0 spiro atoms. The Labute approximate surface area is 105 Å². The first kappa shape index (κ1) is 12.2. The van der Waals surface area contributed by atoms with E-state index in [4.69, 9.17) is 4.42 Å². The van der Waals surface area contributed by atoms with Gasteiger partial charge in [0.25, 0.3) is 0 Å². The molecule has 0 aliphatic carbocycles. The third-order valence-electron chi connectivity index (χ3n) is 2.55. The highest BCUT2D eigenvalue weighted by Gasteiger charge is 2.04. The van der Waals surface area contributed by atoms with Crippen LogP contribution in [0.1, 0.15) is 11.3 Å². The van der Waals surface area contributed by atoms with Gasteiger partial charge in [-0.05, 0) is 29.8 Å². The molecule has 0 saturated heterocycles. The molecule has 0 atom stereocenters. The first-order valence-corrected chi connectivity index (χ1v) is 5.81. The van der Waals surface area contributed by atoms with Crippen molar-refractivity contribution in [2.45, 2.75) is 12.8 Å². The van der Waals surface area contributed by atoms with E-state index in [2.05, 4.69) is 5.32 Å². The molecule has 1 amide bonds. The zero-order valence-corrected chi connectivity index (χ0v) is 9.93. The van der Waals surface area contributed by atoms with Gasteiger partial charge in [-0.2, -0.15) is 0 Å². The fourth-order valence-electron chi connectivity index (χ4n) is 1.69. The first-order chi connectivity index (χ1) is 8.74. The smallest absolute Gasteiger partial charge is 0.224 e. The second-order valence-electron chi connectivity index (χ2n) is 4.03.